The Bertz CT molecular complexity index is 1180. The van der Waals surface area contributed by atoms with E-state index in [1.54, 1.807) is 4.57 Å². The van der Waals surface area contributed by atoms with E-state index >= 15 is 0 Å². The van der Waals surface area contributed by atoms with E-state index in [1.807, 2.05) is 31.3 Å². The summed E-state index contributed by atoms with van der Waals surface area (Å²) in [7, 11) is 1.81. The molecule has 6 nitrogen and oxygen atoms in total. The molecule has 0 fully saturated rings. The Balaban J connectivity index is 2.09. The van der Waals surface area contributed by atoms with Crippen molar-refractivity contribution in [1.29, 1.82) is 0 Å². The van der Waals surface area contributed by atoms with Crippen LogP contribution in [0.1, 0.15) is 0 Å². The number of aromatic nitrogens is 4. The molecule has 0 aliphatic rings. The van der Waals surface area contributed by atoms with Crippen molar-refractivity contribution >= 4 is 45.1 Å². The summed E-state index contributed by atoms with van der Waals surface area (Å²) >= 11 is 12.0. The van der Waals surface area contributed by atoms with Gasteiger partial charge < -0.3 is 9.67 Å². The van der Waals surface area contributed by atoms with Gasteiger partial charge in [0, 0.05) is 7.05 Å². The number of rotatable bonds is 1. The highest BCUT2D eigenvalue weighted by atomic mass is 35.5. The van der Waals surface area contributed by atoms with Gasteiger partial charge in [-0.2, -0.15) is 0 Å². The molecule has 2 aromatic heterocycles. The summed E-state index contributed by atoms with van der Waals surface area (Å²) in [5, 5.41) is 10.3. The van der Waals surface area contributed by atoms with Gasteiger partial charge in [0.15, 0.2) is 5.75 Å². The number of hydrogen-bond donors (Lipinski definition) is 1. The first kappa shape index (κ1) is 15.0. The number of nitrogens with zero attached hydrogens (tertiary/aromatic N) is 4. The zero-order valence-corrected chi connectivity index (χ0v) is 13.9. The molecule has 0 saturated carbocycles. The van der Waals surface area contributed by atoms with Gasteiger partial charge in [0.1, 0.15) is 11.8 Å². The van der Waals surface area contributed by atoms with Crippen LogP contribution in [0, 0.1) is 0 Å². The lowest BCUT2D eigenvalue weighted by molar-refractivity contribution is 0.480. The summed E-state index contributed by atoms with van der Waals surface area (Å²) in [6, 6.07) is 8.85. The highest BCUT2D eigenvalue weighted by Gasteiger charge is 2.18. The van der Waals surface area contributed by atoms with E-state index in [0.29, 0.717) is 5.95 Å². The summed E-state index contributed by atoms with van der Waals surface area (Å²) < 4.78 is 3.08. The molecule has 4 aromatic rings. The monoisotopic (exact) mass is 360 g/mol. The molecule has 24 heavy (non-hydrogen) atoms. The van der Waals surface area contributed by atoms with Crippen LogP contribution < -0.4 is 5.56 Å². The van der Waals surface area contributed by atoms with Crippen molar-refractivity contribution in [2.45, 2.75) is 0 Å². The predicted octanol–water partition coefficient (Wildman–Crippen LogP) is 3.28. The van der Waals surface area contributed by atoms with E-state index in [0.717, 1.165) is 11.0 Å². The minimum Gasteiger partial charge on any atom is -0.504 e. The molecule has 2 aromatic carbocycles. The van der Waals surface area contributed by atoms with Crippen LogP contribution >= 0.6 is 23.2 Å². The maximum Gasteiger partial charge on any atom is 0.269 e. The maximum atomic E-state index is 12.9. The minimum atomic E-state index is -0.435. The second-order valence-electron chi connectivity index (χ2n) is 5.29. The topological polar surface area (TPSA) is 72.9 Å². The summed E-state index contributed by atoms with van der Waals surface area (Å²) in [6.07, 6.45) is 1.30. The van der Waals surface area contributed by atoms with Crippen LogP contribution in [0.5, 0.6) is 5.75 Å². The fraction of sp³-hybridized carbons (Fsp3) is 0.0625. The Kier molecular flexibility index (Phi) is 3.26. The number of benzene rings is 2. The van der Waals surface area contributed by atoms with E-state index < -0.39 is 5.56 Å². The smallest absolute Gasteiger partial charge is 0.269 e. The molecule has 0 radical (unpaired) electrons. The van der Waals surface area contributed by atoms with Crippen LogP contribution in [0.3, 0.4) is 0 Å². The molecular weight excluding hydrogens is 351 g/mol. The number of phenolic OH excluding ortho intramolecular Hbond substituents is 1. The van der Waals surface area contributed by atoms with E-state index in [4.69, 9.17) is 23.2 Å². The zero-order chi connectivity index (χ0) is 17.0. The first-order chi connectivity index (χ1) is 11.5. The van der Waals surface area contributed by atoms with Gasteiger partial charge in [-0.25, -0.2) is 14.5 Å². The lowest BCUT2D eigenvalue weighted by atomic mass is 10.2. The third-order valence-corrected chi connectivity index (χ3v) is 4.48. The molecule has 120 valence electrons. The van der Waals surface area contributed by atoms with E-state index in [9.17, 15) is 9.90 Å². The Morgan fingerprint density at radius 2 is 1.92 bits per heavy atom. The van der Waals surface area contributed by atoms with E-state index in [2.05, 4.69) is 9.97 Å². The molecule has 2 heterocycles. The van der Waals surface area contributed by atoms with Crippen molar-refractivity contribution in [3.63, 3.8) is 0 Å². The van der Waals surface area contributed by atoms with Crippen LogP contribution in [0.2, 0.25) is 10.0 Å². The van der Waals surface area contributed by atoms with Gasteiger partial charge in [0.25, 0.3) is 5.56 Å². The molecule has 0 unspecified atom stereocenters. The van der Waals surface area contributed by atoms with Crippen LogP contribution in [-0.2, 0) is 7.05 Å². The second kappa shape index (κ2) is 5.22. The molecular formula is C16H10Cl2N4O2. The number of phenols is 1. The van der Waals surface area contributed by atoms with Crippen LogP contribution in [0.15, 0.2) is 41.5 Å². The highest BCUT2D eigenvalue weighted by Crippen LogP contribution is 2.34. The molecule has 0 atom stereocenters. The molecule has 8 heteroatoms. The molecule has 0 spiro atoms. The van der Waals surface area contributed by atoms with Gasteiger partial charge in [-0.3, -0.25) is 4.79 Å². The maximum absolute atomic E-state index is 12.9. The summed E-state index contributed by atoms with van der Waals surface area (Å²) in [6.45, 7) is 0. The fourth-order valence-corrected chi connectivity index (χ4v) is 3.24. The zero-order valence-electron chi connectivity index (χ0n) is 12.4. The second-order valence-corrected chi connectivity index (χ2v) is 6.11. The molecule has 0 amide bonds. The molecule has 0 bridgehead atoms. The van der Waals surface area contributed by atoms with Crippen molar-refractivity contribution in [1.82, 2.24) is 19.1 Å². The van der Waals surface area contributed by atoms with Crippen molar-refractivity contribution < 1.29 is 5.11 Å². The Morgan fingerprint density at radius 1 is 1.17 bits per heavy atom. The lowest BCUT2D eigenvalue weighted by Crippen LogP contribution is -2.22. The van der Waals surface area contributed by atoms with Crippen molar-refractivity contribution in [2.24, 2.45) is 7.05 Å². The Morgan fingerprint density at radius 3 is 2.67 bits per heavy atom. The van der Waals surface area contributed by atoms with Gasteiger partial charge >= 0.3 is 0 Å². The molecule has 0 saturated heterocycles. The SMILES string of the molecule is Cn1c(-n2cnc3c(O)c(Cl)cc(Cl)c3c2=O)nc2ccccc21. The summed E-state index contributed by atoms with van der Waals surface area (Å²) in [4.78, 5) is 21.5. The number of aromatic hydroxyl groups is 1. The number of hydrogen-bond acceptors (Lipinski definition) is 4. The number of para-hydroxylation sites is 2. The van der Waals surface area contributed by atoms with Crippen LogP contribution in [0.25, 0.3) is 27.9 Å². The standard InChI is InChI=1S/C16H10Cl2N4O2/c1-21-11-5-3-2-4-10(11)20-16(21)22-7-19-13-12(15(22)24)8(17)6-9(18)14(13)23/h2-7,23H,1H3. The van der Waals surface area contributed by atoms with Gasteiger partial charge in [-0.1, -0.05) is 35.3 Å². The van der Waals surface area contributed by atoms with Gasteiger partial charge in [-0.05, 0) is 18.2 Å². The normalized spacial score (nSPS) is 11.5. The van der Waals surface area contributed by atoms with Gasteiger partial charge in [0.2, 0.25) is 5.95 Å². The number of halogens is 2. The van der Waals surface area contributed by atoms with Crippen LogP contribution in [-0.4, -0.2) is 24.2 Å². The first-order valence-electron chi connectivity index (χ1n) is 6.99. The third-order valence-electron chi connectivity index (χ3n) is 3.89. The van der Waals surface area contributed by atoms with Crippen molar-refractivity contribution in [3.05, 3.63) is 57.1 Å². The Labute approximate surface area is 145 Å². The first-order valence-corrected chi connectivity index (χ1v) is 7.75. The molecule has 0 aliphatic heterocycles. The lowest BCUT2D eigenvalue weighted by Gasteiger charge is -2.09. The van der Waals surface area contributed by atoms with E-state index in [1.165, 1.54) is 17.0 Å². The Hall–Kier alpha value is -2.57. The average molecular weight is 361 g/mol. The number of aryl methyl sites for hydroxylation is 1. The van der Waals surface area contributed by atoms with E-state index in [-0.39, 0.29) is 26.7 Å². The number of imidazole rings is 1. The quantitative estimate of drug-likeness (QED) is 0.565. The van der Waals surface area contributed by atoms with Crippen LogP contribution in [0.4, 0.5) is 0 Å². The minimum absolute atomic E-state index is 0.0416. The van der Waals surface area contributed by atoms with Gasteiger partial charge in [-0.15, -0.1) is 0 Å². The van der Waals surface area contributed by atoms with Gasteiger partial charge in [0.05, 0.1) is 26.5 Å². The van der Waals surface area contributed by atoms with Crippen molar-refractivity contribution in [3.8, 4) is 11.7 Å². The molecule has 4 rings (SSSR count). The highest BCUT2D eigenvalue weighted by molar-refractivity contribution is 6.39. The number of fused-ring (bicyclic) bond motifs is 2. The summed E-state index contributed by atoms with van der Waals surface area (Å²) in [5.74, 6) is 0.131. The third kappa shape index (κ3) is 2.00. The largest absolute Gasteiger partial charge is 0.504 e. The summed E-state index contributed by atoms with van der Waals surface area (Å²) in [5.41, 5.74) is 1.26. The average Bonchev–Trinajstić information content (AvgIpc) is 2.89. The van der Waals surface area contributed by atoms with Crippen molar-refractivity contribution in [2.75, 3.05) is 0 Å². The molecule has 1 N–H and O–H groups in total. The molecule has 0 aliphatic carbocycles. The fourth-order valence-electron chi connectivity index (χ4n) is 2.70. The predicted molar refractivity (Wildman–Crippen MR) is 93.3 cm³/mol.